The number of anilines is 1. The van der Waals surface area contributed by atoms with Gasteiger partial charge in [-0.3, -0.25) is 9.59 Å². The van der Waals surface area contributed by atoms with Crippen LogP contribution in [0.3, 0.4) is 0 Å². The summed E-state index contributed by atoms with van der Waals surface area (Å²) in [7, 11) is 0. The lowest BCUT2D eigenvalue weighted by Crippen LogP contribution is -2.31. The highest BCUT2D eigenvalue weighted by atomic mass is 32.2. The molecule has 5 nitrogen and oxygen atoms in total. The van der Waals surface area contributed by atoms with Crippen LogP contribution in [-0.2, 0) is 4.79 Å². The van der Waals surface area contributed by atoms with Gasteiger partial charge in [0.2, 0.25) is 5.91 Å². The van der Waals surface area contributed by atoms with Crippen LogP contribution in [0.2, 0.25) is 0 Å². The van der Waals surface area contributed by atoms with Crippen molar-refractivity contribution in [1.29, 1.82) is 0 Å². The number of alkyl halides is 3. The number of hydrazone groups is 1. The molecule has 0 fully saturated rings. The zero-order valence-electron chi connectivity index (χ0n) is 11.4. The van der Waals surface area contributed by atoms with Crippen LogP contribution in [0, 0.1) is 5.92 Å². The highest BCUT2D eigenvalue weighted by molar-refractivity contribution is 8.14. The number of hydrogen-bond donors (Lipinski definition) is 2. The minimum Gasteiger partial charge on any atom is -0.317 e. The number of halogens is 3. The number of rotatable bonds is 2. The molecular weight excluding hydrogens is 319 g/mol. The number of hydrogen-bond acceptors (Lipinski definition) is 4. The normalized spacial score (nSPS) is 18.5. The van der Waals surface area contributed by atoms with Crippen molar-refractivity contribution in [2.24, 2.45) is 11.0 Å². The standard InChI is InChI=1S/C13H12F3N3O2S/c1-7-6-10(20)18-19-11(7)8-2-4-9(5-3-8)17-12(21)22-13(14,15)16/h2-5,7H,6H2,1H3,(H,17,21)(H,18,20). The molecule has 0 aliphatic carbocycles. The van der Waals surface area contributed by atoms with Gasteiger partial charge in [-0.15, -0.1) is 0 Å². The summed E-state index contributed by atoms with van der Waals surface area (Å²) >= 11 is -0.737. The Morgan fingerprint density at radius 2 is 2.00 bits per heavy atom. The molecule has 1 atom stereocenters. The average Bonchev–Trinajstić information content (AvgIpc) is 2.38. The van der Waals surface area contributed by atoms with Gasteiger partial charge in [-0.25, -0.2) is 5.43 Å². The Bertz CT molecular complexity index is 614. The first-order valence-electron chi connectivity index (χ1n) is 6.28. The molecule has 1 aromatic rings. The fourth-order valence-electron chi connectivity index (χ4n) is 1.98. The molecular formula is C13H12F3N3O2S. The summed E-state index contributed by atoms with van der Waals surface area (Å²) in [6, 6.07) is 6.22. The molecule has 1 aliphatic heterocycles. The van der Waals surface area contributed by atoms with Gasteiger partial charge in [0, 0.05) is 29.8 Å². The minimum atomic E-state index is -4.62. The Morgan fingerprint density at radius 1 is 1.36 bits per heavy atom. The van der Waals surface area contributed by atoms with Gasteiger partial charge >= 0.3 is 5.51 Å². The maximum atomic E-state index is 12.0. The maximum Gasteiger partial charge on any atom is 0.450 e. The van der Waals surface area contributed by atoms with E-state index in [-0.39, 0.29) is 17.5 Å². The molecule has 0 radical (unpaired) electrons. The summed E-state index contributed by atoms with van der Waals surface area (Å²) in [6.07, 6.45) is 0.319. The molecule has 0 bridgehead atoms. The number of thioether (sulfide) groups is 1. The first-order chi connectivity index (χ1) is 10.2. The van der Waals surface area contributed by atoms with Crippen LogP contribution in [0.5, 0.6) is 0 Å². The van der Waals surface area contributed by atoms with Crippen LogP contribution >= 0.6 is 11.8 Å². The molecule has 0 saturated heterocycles. The van der Waals surface area contributed by atoms with Crippen LogP contribution in [0.15, 0.2) is 29.4 Å². The number of carbonyl (C=O) groups excluding carboxylic acids is 2. The van der Waals surface area contributed by atoms with Crippen molar-refractivity contribution in [2.45, 2.75) is 18.9 Å². The summed E-state index contributed by atoms with van der Waals surface area (Å²) in [6.45, 7) is 1.85. The summed E-state index contributed by atoms with van der Waals surface area (Å²) in [5, 5.41) is 4.92. The van der Waals surface area contributed by atoms with Crippen LogP contribution in [-0.4, -0.2) is 22.4 Å². The van der Waals surface area contributed by atoms with Crippen LogP contribution in [0.1, 0.15) is 18.9 Å². The Hall–Kier alpha value is -2.03. The molecule has 0 spiro atoms. The van der Waals surface area contributed by atoms with Crippen molar-refractivity contribution in [3.63, 3.8) is 0 Å². The van der Waals surface area contributed by atoms with E-state index in [4.69, 9.17) is 0 Å². The summed E-state index contributed by atoms with van der Waals surface area (Å²) in [4.78, 5) is 22.3. The smallest absolute Gasteiger partial charge is 0.317 e. The summed E-state index contributed by atoms with van der Waals surface area (Å²) in [5.74, 6) is -0.223. The molecule has 2 rings (SSSR count). The highest BCUT2D eigenvalue weighted by Gasteiger charge is 2.32. The van der Waals surface area contributed by atoms with E-state index in [1.165, 1.54) is 12.1 Å². The molecule has 1 heterocycles. The molecule has 0 saturated carbocycles. The SMILES string of the molecule is CC1CC(=O)NN=C1c1ccc(NC(=O)SC(F)(F)F)cc1. The molecule has 0 aromatic heterocycles. The first-order valence-corrected chi connectivity index (χ1v) is 7.10. The summed E-state index contributed by atoms with van der Waals surface area (Å²) < 4.78 is 36.1. The van der Waals surface area contributed by atoms with E-state index in [0.717, 1.165) is 5.56 Å². The van der Waals surface area contributed by atoms with E-state index < -0.39 is 22.5 Å². The van der Waals surface area contributed by atoms with Crippen LogP contribution in [0.25, 0.3) is 0 Å². The fourth-order valence-corrected chi connectivity index (χ4v) is 2.35. The van der Waals surface area contributed by atoms with Crippen molar-refractivity contribution in [2.75, 3.05) is 5.32 Å². The zero-order valence-corrected chi connectivity index (χ0v) is 12.2. The van der Waals surface area contributed by atoms with Gasteiger partial charge in [0.1, 0.15) is 0 Å². The second-order valence-electron chi connectivity index (χ2n) is 4.67. The van der Waals surface area contributed by atoms with Gasteiger partial charge in [-0.1, -0.05) is 19.1 Å². The molecule has 22 heavy (non-hydrogen) atoms. The molecule has 118 valence electrons. The van der Waals surface area contributed by atoms with Gasteiger partial charge in [-0.05, 0) is 17.7 Å². The number of amides is 2. The van der Waals surface area contributed by atoms with E-state index in [1.807, 2.05) is 6.92 Å². The predicted octanol–water partition coefficient (Wildman–Crippen LogP) is 3.33. The van der Waals surface area contributed by atoms with Crippen LogP contribution in [0.4, 0.5) is 23.7 Å². The van der Waals surface area contributed by atoms with Gasteiger partial charge in [0.15, 0.2) is 0 Å². The van der Waals surface area contributed by atoms with Gasteiger partial charge < -0.3 is 5.32 Å². The third-order valence-electron chi connectivity index (χ3n) is 2.89. The molecule has 1 aromatic carbocycles. The van der Waals surface area contributed by atoms with Crippen molar-refractivity contribution in [1.82, 2.24) is 5.43 Å². The van der Waals surface area contributed by atoms with Gasteiger partial charge in [0.25, 0.3) is 5.24 Å². The molecule has 2 amide bonds. The minimum absolute atomic E-state index is 0.0602. The number of nitrogens with one attached hydrogen (secondary N) is 2. The monoisotopic (exact) mass is 331 g/mol. The van der Waals surface area contributed by atoms with E-state index >= 15 is 0 Å². The number of nitrogens with zero attached hydrogens (tertiary/aromatic N) is 1. The lowest BCUT2D eigenvalue weighted by atomic mass is 9.94. The second-order valence-corrected chi connectivity index (χ2v) is 5.71. The largest absolute Gasteiger partial charge is 0.450 e. The Balaban J connectivity index is 2.05. The number of benzene rings is 1. The Kier molecular flexibility index (Phi) is 4.74. The van der Waals surface area contributed by atoms with Crippen molar-refractivity contribution >= 4 is 34.3 Å². The molecule has 1 unspecified atom stereocenters. The van der Waals surface area contributed by atoms with Crippen molar-refractivity contribution in [3.05, 3.63) is 29.8 Å². The molecule has 1 aliphatic rings. The first kappa shape index (κ1) is 16.3. The van der Waals surface area contributed by atoms with Crippen molar-refractivity contribution in [3.8, 4) is 0 Å². The molecule has 9 heteroatoms. The van der Waals surface area contributed by atoms with E-state index in [1.54, 1.807) is 12.1 Å². The topological polar surface area (TPSA) is 70.6 Å². The predicted molar refractivity (Wildman–Crippen MR) is 77.6 cm³/mol. The van der Waals surface area contributed by atoms with Gasteiger partial charge in [-0.2, -0.15) is 18.3 Å². The van der Waals surface area contributed by atoms with E-state index in [0.29, 0.717) is 12.1 Å². The lowest BCUT2D eigenvalue weighted by molar-refractivity contribution is -0.121. The van der Waals surface area contributed by atoms with Gasteiger partial charge in [0.05, 0.1) is 5.71 Å². The lowest BCUT2D eigenvalue weighted by Gasteiger charge is -2.19. The average molecular weight is 331 g/mol. The zero-order chi connectivity index (χ0) is 16.3. The maximum absolute atomic E-state index is 12.0. The quantitative estimate of drug-likeness (QED) is 0.873. The van der Waals surface area contributed by atoms with Crippen LogP contribution < -0.4 is 10.7 Å². The number of carbonyl (C=O) groups is 2. The highest BCUT2D eigenvalue weighted by Crippen LogP contribution is 2.31. The van der Waals surface area contributed by atoms with Crippen molar-refractivity contribution < 1.29 is 22.8 Å². The van der Waals surface area contributed by atoms with E-state index in [9.17, 15) is 22.8 Å². The second kappa shape index (κ2) is 6.39. The van der Waals surface area contributed by atoms with E-state index in [2.05, 4.69) is 15.8 Å². The summed E-state index contributed by atoms with van der Waals surface area (Å²) in [5.41, 5.74) is -0.570. The Labute approximate surface area is 128 Å². The third-order valence-corrected chi connectivity index (χ3v) is 3.41. The third kappa shape index (κ3) is 4.48. The fraction of sp³-hybridized carbons (Fsp3) is 0.308. The Morgan fingerprint density at radius 3 is 2.55 bits per heavy atom. The molecule has 2 N–H and O–H groups in total.